The molecule has 0 saturated carbocycles. The molecule has 0 aromatic carbocycles. The molecule has 0 amide bonds. The first-order valence-corrected chi connectivity index (χ1v) is 17.7. The Bertz CT molecular complexity index is 999. The second-order valence-electron chi connectivity index (χ2n) is 12.3. The summed E-state index contributed by atoms with van der Waals surface area (Å²) in [5, 5.41) is 71.4. The number of allylic oxidation sites excluding steroid dienone is 8. The molecule has 13 nitrogen and oxygen atoms in total. The van der Waals surface area contributed by atoms with Gasteiger partial charge in [0.05, 0.1) is 25.9 Å². The SMILES string of the molecule is CCCCC/C=C\C/C=C\C/C=C\C/C=C\CCCC(=O)OC(CO)CO[C@@H]1O[C@H](CC)[C@@H](O)[C@H](O[C@@H]2O[C@H](CO)[C@@H](O)[C@H](O)[C@H]2O)[C@H]1O. The predicted molar refractivity (Wildman–Crippen MR) is 181 cm³/mol. The zero-order chi connectivity index (χ0) is 36.0. The number of hydrogen-bond donors (Lipinski definition) is 7. The van der Waals surface area contributed by atoms with Crippen molar-refractivity contribution in [1.82, 2.24) is 0 Å². The highest BCUT2D eigenvalue weighted by Gasteiger charge is 2.50. The molecule has 0 aromatic heterocycles. The summed E-state index contributed by atoms with van der Waals surface area (Å²) in [5.74, 6) is -0.519. The Morgan fingerprint density at radius 2 is 1.29 bits per heavy atom. The Hall–Kier alpha value is -2.01. The first-order chi connectivity index (χ1) is 23.7. The number of aliphatic hydroxyl groups is 7. The van der Waals surface area contributed by atoms with E-state index in [2.05, 4.69) is 43.4 Å². The van der Waals surface area contributed by atoms with Gasteiger partial charge >= 0.3 is 5.97 Å². The quantitative estimate of drug-likeness (QED) is 0.0464. The summed E-state index contributed by atoms with van der Waals surface area (Å²) in [5.41, 5.74) is 0. The van der Waals surface area contributed by atoms with Gasteiger partial charge in [0.1, 0.15) is 48.8 Å². The van der Waals surface area contributed by atoms with E-state index in [0.717, 1.165) is 25.7 Å². The summed E-state index contributed by atoms with van der Waals surface area (Å²) in [6, 6.07) is 0. The molecule has 2 saturated heterocycles. The lowest BCUT2D eigenvalue weighted by molar-refractivity contribution is -0.359. The van der Waals surface area contributed by atoms with E-state index in [0.29, 0.717) is 12.8 Å². The summed E-state index contributed by atoms with van der Waals surface area (Å²) < 4.78 is 27.6. The van der Waals surface area contributed by atoms with Crippen molar-refractivity contribution in [3.05, 3.63) is 48.6 Å². The molecule has 282 valence electrons. The third kappa shape index (κ3) is 15.4. The van der Waals surface area contributed by atoms with Gasteiger partial charge in [0.25, 0.3) is 0 Å². The second kappa shape index (κ2) is 25.0. The molecule has 49 heavy (non-hydrogen) atoms. The fourth-order valence-corrected chi connectivity index (χ4v) is 5.37. The zero-order valence-corrected chi connectivity index (χ0v) is 28.9. The van der Waals surface area contributed by atoms with Crippen molar-refractivity contribution in [2.24, 2.45) is 0 Å². The Morgan fingerprint density at radius 1 is 0.694 bits per heavy atom. The number of carbonyl (C=O) groups excluding carboxylic acids is 1. The maximum absolute atomic E-state index is 12.4. The highest BCUT2D eigenvalue weighted by atomic mass is 16.7. The fraction of sp³-hybridized carbons (Fsp3) is 0.750. The molecule has 0 radical (unpaired) electrons. The van der Waals surface area contributed by atoms with Crippen LogP contribution in [-0.2, 0) is 28.5 Å². The minimum atomic E-state index is -1.75. The van der Waals surface area contributed by atoms with Crippen molar-refractivity contribution < 1.29 is 64.2 Å². The monoisotopic (exact) mass is 700 g/mol. The molecule has 2 aliphatic heterocycles. The van der Waals surface area contributed by atoms with Crippen LogP contribution in [0.1, 0.15) is 84.5 Å². The van der Waals surface area contributed by atoms with Crippen molar-refractivity contribution in [2.45, 2.75) is 152 Å². The fourth-order valence-electron chi connectivity index (χ4n) is 5.37. The minimum absolute atomic E-state index is 0.135. The molecule has 2 fully saturated rings. The standard InChI is InChI=1S/C36H60O13/c1-3-5-6-7-8-9-10-11-12-13-14-15-16-17-18-19-20-21-28(39)46-25(22-37)24-45-35-33(44)34(30(41)26(4-2)47-35)49-36-32(43)31(42)29(40)27(23-38)48-36/h8-9,11-12,14-15,17-18,25-27,29-38,40-44H,3-7,10,13,16,19-24H2,1-2H3/b9-8-,12-11-,15-14-,18-17-/t25?,26-,27-,29-,30-,31+,32-,33-,34+,35-,36+/m1/s1. The van der Waals surface area contributed by atoms with E-state index in [4.69, 9.17) is 23.7 Å². The Morgan fingerprint density at radius 3 is 1.86 bits per heavy atom. The molecular weight excluding hydrogens is 640 g/mol. The third-order valence-corrected chi connectivity index (χ3v) is 8.34. The van der Waals surface area contributed by atoms with E-state index in [9.17, 15) is 40.5 Å². The van der Waals surface area contributed by atoms with Crippen LogP contribution in [0.25, 0.3) is 0 Å². The van der Waals surface area contributed by atoms with Gasteiger partial charge in [-0.1, -0.05) is 75.3 Å². The first-order valence-electron chi connectivity index (χ1n) is 17.7. The van der Waals surface area contributed by atoms with Gasteiger partial charge in [-0.2, -0.15) is 0 Å². The summed E-state index contributed by atoms with van der Waals surface area (Å²) >= 11 is 0. The van der Waals surface area contributed by atoms with Crippen LogP contribution in [0.4, 0.5) is 0 Å². The maximum atomic E-state index is 12.4. The zero-order valence-electron chi connectivity index (χ0n) is 28.9. The normalized spacial score (nSPS) is 31.8. The molecule has 2 heterocycles. The van der Waals surface area contributed by atoms with E-state index < -0.39 is 86.7 Å². The van der Waals surface area contributed by atoms with E-state index in [1.54, 1.807) is 6.92 Å². The highest BCUT2D eigenvalue weighted by molar-refractivity contribution is 5.69. The average Bonchev–Trinajstić information content (AvgIpc) is 3.10. The number of hydrogen-bond acceptors (Lipinski definition) is 13. The molecule has 2 aliphatic rings. The summed E-state index contributed by atoms with van der Waals surface area (Å²) in [4.78, 5) is 12.4. The van der Waals surface area contributed by atoms with Gasteiger partial charge < -0.3 is 59.4 Å². The van der Waals surface area contributed by atoms with Gasteiger partial charge in [-0.05, 0) is 51.4 Å². The summed E-state index contributed by atoms with van der Waals surface area (Å²) in [7, 11) is 0. The van der Waals surface area contributed by atoms with Gasteiger partial charge in [-0.15, -0.1) is 0 Å². The van der Waals surface area contributed by atoms with Crippen molar-refractivity contribution in [3.63, 3.8) is 0 Å². The molecule has 2 rings (SSSR count). The number of aliphatic hydroxyl groups excluding tert-OH is 7. The molecule has 11 atom stereocenters. The van der Waals surface area contributed by atoms with Crippen LogP contribution < -0.4 is 0 Å². The Labute approximate surface area is 290 Å². The van der Waals surface area contributed by atoms with Crippen LogP contribution in [0.5, 0.6) is 0 Å². The molecule has 7 N–H and O–H groups in total. The molecule has 1 unspecified atom stereocenters. The van der Waals surface area contributed by atoms with Gasteiger partial charge in [0, 0.05) is 6.42 Å². The first kappa shape index (κ1) is 43.2. The number of rotatable bonds is 23. The lowest BCUT2D eigenvalue weighted by Gasteiger charge is -2.46. The van der Waals surface area contributed by atoms with Crippen LogP contribution in [0.2, 0.25) is 0 Å². The molecule has 0 spiro atoms. The van der Waals surface area contributed by atoms with E-state index in [1.807, 2.05) is 12.2 Å². The molecule has 0 bridgehead atoms. The highest BCUT2D eigenvalue weighted by Crippen LogP contribution is 2.30. The van der Waals surface area contributed by atoms with Crippen molar-refractivity contribution >= 4 is 5.97 Å². The Balaban J connectivity index is 1.71. The van der Waals surface area contributed by atoms with Crippen LogP contribution >= 0.6 is 0 Å². The lowest BCUT2D eigenvalue weighted by Crippen LogP contribution is -2.64. The minimum Gasteiger partial charge on any atom is -0.457 e. The number of ether oxygens (including phenoxy) is 5. The maximum Gasteiger partial charge on any atom is 0.306 e. The Kier molecular flexibility index (Phi) is 22.0. The molecule has 0 aromatic rings. The van der Waals surface area contributed by atoms with Crippen molar-refractivity contribution in [2.75, 3.05) is 19.8 Å². The smallest absolute Gasteiger partial charge is 0.306 e. The molecule has 0 aliphatic carbocycles. The predicted octanol–water partition coefficient (Wildman–Crippen LogP) is 2.09. The van der Waals surface area contributed by atoms with E-state index in [-0.39, 0.29) is 19.4 Å². The number of unbranched alkanes of at least 4 members (excludes halogenated alkanes) is 4. The largest absolute Gasteiger partial charge is 0.457 e. The second-order valence-corrected chi connectivity index (χ2v) is 12.3. The van der Waals surface area contributed by atoms with E-state index >= 15 is 0 Å². The van der Waals surface area contributed by atoms with Gasteiger partial charge in [-0.3, -0.25) is 4.79 Å². The van der Waals surface area contributed by atoms with Crippen LogP contribution in [0, 0.1) is 0 Å². The van der Waals surface area contributed by atoms with Gasteiger partial charge in [-0.25, -0.2) is 0 Å². The third-order valence-electron chi connectivity index (χ3n) is 8.34. The van der Waals surface area contributed by atoms with Gasteiger partial charge in [0.15, 0.2) is 12.6 Å². The van der Waals surface area contributed by atoms with Crippen LogP contribution in [0.15, 0.2) is 48.6 Å². The summed E-state index contributed by atoms with van der Waals surface area (Å²) in [6.07, 6.45) is 10.6. The van der Waals surface area contributed by atoms with Crippen LogP contribution in [0.3, 0.4) is 0 Å². The van der Waals surface area contributed by atoms with Crippen molar-refractivity contribution in [1.29, 1.82) is 0 Å². The number of carbonyl (C=O) groups is 1. The summed E-state index contributed by atoms with van der Waals surface area (Å²) in [6.45, 7) is 2.36. The average molecular weight is 701 g/mol. The molecule has 13 heteroatoms. The topological polar surface area (TPSA) is 205 Å². The molecular formula is C36H60O13. The van der Waals surface area contributed by atoms with Crippen molar-refractivity contribution in [3.8, 4) is 0 Å². The van der Waals surface area contributed by atoms with E-state index in [1.165, 1.54) is 19.3 Å². The number of esters is 1. The van der Waals surface area contributed by atoms with Crippen LogP contribution in [-0.4, -0.2) is 129 Å². The lowest BCUT2D eigenvalue weighted by atomic mass is 9.96. The van der Waals surface area contributed by atoms with Gasteiger partial charge in [0.2, 0.25) is 0 Å².